The Morgan fingerprint density at radius 3 is 2.77 bits per heavy atom. The molecule has 0 bridgehead atoms. The number of esters is 1. The number of rotatable bonds is 5. The minimum absolute atomic E-state index is 0.0952. The van der Waals surface area contributed by atoms with E-state index in [0.29, 0.717) is 28.9 Å². The second kappa shape index (κ2) is 9.19. The topological polar surface area (TPSA) is 92.1 Å². The van der Waals surface area contributed by atoms with E-state index in [-0.39, 0.29) is 11.8 Å². The van der Waals surface area contributed by atoms with Gasteiger partial charge in [-0.25, -0.2) is 4.79 Å². The third-order valence-electron chi connectivity index (χ3n) is 5.44. The number of nitrogens with one attached hydrogen (secondary N) is 1. The summed E-state index contributed by atoms with van der Waals surface area (Å²) in [6, 6.07) is 13.3. The molecule has 0 fully saturated rings. The number of ether oxygens (including phenoxy) is 1. The summed E-state index contributed by atoms with van der Waals surface area (Å²) in [4.78, 5) is 28.6. The van der Waals surface area contributed by atoms with Gasteiger partial charge < -0.3 is 10.1 Å². The van der Waals surface area contributed by atoms with Crippen LogP contribution in [0.4, 0.5) is 0 Å². The van der Waals surface area contributed by atoms with Gasteiger partial charge >= 0.3 is 5.97 Å². The van der Waals surface area contributed by atoms with Crippen molar-refractivity contribution < 1.29 is 14.3 Å². The number of benzene rings is 1. The fourth-order valence-electron chi connectivity index (χ4n) is 3.93. The molecule has 2 aromatic rings. The molecule has 6 nitrogen and oxygen atoms in total. The molecule has 4 rings (SSSR count). The quantitative estimate of drug-likeness (QED) is 0.708. The average Bonchev–Trinajstić information content (AvgIpc) is 2.82. The van der Waals surface area contributed by atoms with Gasteiger partial charge in [0, 0.05) is 35.8 Å². The second-order valence-electron chi connectivity index (χ2n) is 7.35. The largest absolute Gasteiger partial charge is 0.465 e. The first-order chi connectivity index (χ1) is 15.1. The Balaban J connectivity index is 1.64. The summed E-state index contributed by atoms with van der Waals surface area (Å²) < 4.78 is 4.74. The zero-order valence-electron chi connectivity index (χ0n) is 17.1. The van der Waals surface area contributed by atoms with Gasteiger partial charge in [-0.15, -0.1) is 11.8 Å². The first-order valence-electron chi connectivity index (χ1n) is 10.00. The molecule has 1 aliphatic carbocycles. The molecule has 1 aliphatic heterocycles. The van der Waals surface area contributed by atoms with E-state index in [9.17, 15) is 14.9 Å². The smallest absolute Gasteiger partial charge is 0.337 e. The average molecular weight is 432 g/mol. The summed E-state index contributed by atoms with van der Waals surface area (Å²) in [5, 5.41) is 14.2. The van der Waals surface area contributed by atoms with Gasteiger partial charge in [0.15, 0.2) is 5.78 Å². The molecule has 0 spiro atoms. The maximum absolute atomic E-state index is 12.8. The number of nitriles is 1. The van der Waals surface area contributed by atoms with Crippen LogP contribution in [0, 0.1) is 11.3 Å². The number of thioether (sulfide) groups is 1. The van der Waals surface area contributed by atoms with E-state index in [2.05, 4.69) is 16.4 Å². The number of pyridine rings is 1. The van der Waals surface area contributed by atoms with Gasteiger partial charge in [-0.3, -0.25) is 9.78 Å². The van der Waals surface area contributed by atoms with Gasteiger partial charge in [0.25, 0.3) is 0 Å². The molecule has 156 valence electrons. The number of Topliss-reactive ketones (excluding diaryl/α,β-unsaturated/α-hetero) is 1. The molecule has 1 N–H and O–H groups in total. The van der Waals surface area contributed by atoms with Crippen LogP contribution in [-0.4, -0.2) is 23.8 Å². The Morgan fingerprint density at radius 2 is 2.10 bits per heavy atom. The van der Waals surface area contributed by atoms with Crippen LogP contribution in [-0.2, 0) is 15.3 Å². The SMILES string of the molecule is COC(=O)c1ccc(CSC2=C(C#N)[C@H](c3cccnc3)C3=C(CCCC3=O)N2)cc1. The summed E-state index contributed by atoms with van der Waals surface area (Å²) in [6.07, 6.45) is 5.51. The Bertz CT molecular complexity index is 1120. The van der Waals surface area contributed by atoms with Crippen molar-refractivity contribution in [1.29, 1.82) is 5.26 Å². The fraction of sp³-hybridized carbons (Fsp3) is 0.250. The van der Waals surface area contributed by atoms with Gasteiger partial charge in [-0.2, -0.15) is 5.26 Å². The van der Waals surface area contributed by atoms with Crippen molar-refractivity contribution >= 4 is 23.5 Å². The Labute approximate surface area is 185 Å². The molecule has 7 heteroatoms. The van der Waals surface area contributed by atoms with Crippen molar-refractivity contribution in [3.8, 4) is 6.07 Å². The Morgan fingerprint density at radius 1 is 1.29 bits per heavy atom. The van der Waals surface area contributed by atoms with Crippen LogP contribution < -0.4 is 5.32 Å². The van der Waals surface area contributed by atoms with E-state index in [1.54, 1.807) is 24.5 Å². The predicted molar refractivity (Wildman–Crippen MR) is 118 cm³/mol. The third kappa shape index (κ3) is 4.25. The first kappa shape index (κ1) is 20.9. The number of methoxy groups -OCH3 is 1. The number of hydrogen-bond donors (Lipinski definition) is 1. The van der Waals surface area contributed by atoms with E-state index in [1.807, 2.05) is 24.3 Å². The molecule has 2 aliphatic rings. The van der Waals surface area contributed by atoms with E-state index in [1.165, 1.54) is 18.9 Å². The number of allylic oxidation sites excluding steroid dienone is 3. The van der Waals surface area contributed by atoms with Crippen LogP contribution in [0.3, 0.4) is 0 Å². The zero-order valence-corrected chi connectivity index (χ0v) is 17.9. The highest BCUT2D eigenvalue weighted by Crippen LogP contribution is 2.44. The molecule has 1 atom stereocenters. The number of dihydropyridines is 1. The lowest BCUT2D eigenvalue weighted by Gasteiger charge is -2.33. The van der Waals surface area contributed by atoms with E-state index < -0.39 is 5.92 Å². The van der Waals surface area contributed by atoms with Crippen molar-refractivity contribution in [1.82, 2.24) is 10.3 Å². The first-order valence-corrected chi connectivity index (χ1v) is 11.0. The highest BCUT2D eigenvalue weighted by molar-refractivity contribution is 8.02. The highest BCUT2D eigenvalue weighted by atomic mass is 32.2. The monoisotopic (exact) mass is 431 g/mol. The lowest BCUT2D eigenvalue weighted by molar-refractivity contribution is -0.116. The maximum atomic E-state index is 12.8. The summed E-state index contributed by atoms with van der Waals surface area (Å²) in [5.41, 5.74) is 4.51. The number of carbonyl (C=O) groups excluding carboxylic acids is 2. The fourth-order valence-corrected chi connectivity index (χ4v) is 4.95. The summed E-state index contributed by atoms with van der Waals surface area (Å²) in [5.74, 6) is -0.0567. The number of aromatic nitrogens is 1. The lowest BCUT2D eigenvalue weighted by atomic mass is 9.77. The summed E-state index contributed by atoms with van der Waals surface area (Å²) in [7, 11) is 1.36. The van der Waals surface area contributed by atoms with Gasteiger partial charge in [-0.05, 0) is 42.2 Å². The molecule has 31 heavy (non-hydrogen) atoms. The van der Waals surface area contributed by atoms with Gasteiger partial charge in [0.05, 0.1) is 35.3 Å². The van der Waals surface area contributed by atoms with Crippen molar-refractivity contribution in [2.24, 2.45) is 0 Å². The van der Waals surface area contributed by atoms with Crippen LogP contribution in [0.1, 0.15) is 46.7 Å². The lowest BCUT2D eigenvalue weighted by Crippen LogP contribution is -2.31. The van der Waals surface area contributed by atoms with Crippen molar-refractivity contribution in [3.05, 3.63) is 87.4 Å². The molecule has 1 aromatic heterocycles. The molecule has 0 saturated carbocycles. The molecular weight excluding hydrogens is 410 g/mol. The standard InChI is InChI=1S/C24H21N3O3S/c1-30-24(29)16-9-7-15(8-10-16)14-31-23-18(12-25)21(17-4-3-11-26-13-17)22-19(27-23)5-2-6-20(22)28/h3-4,7-11,13,21,27H,2,5-6,14H2,1H3/t21-/m0/s1. The van der Waals surface area contributed by atoms with E-state index >= 15 is 0 Å². The van der Waals surface area contributed by atoms with Gasteiger partial charge in [0.2, 0.25) is 0 Å². The van der Waals surface area contributed by atoms with Crippen molar-refractivity contribution in [2.45, 2.75) is 30.9 Å². The van der Waals surface area contributed by atoms with Gasteiger partial charge in [-0.1, -0.05) is 18.2 Å². The Kier molecular flexibility index (Phi) is 6.19. The summed E-state index contributed by atoms with van der Waals surface area (Å²) in [6.45, 7) is 0. The van der Waals surface area contributed by atoms with Gasteiger partial charge in [0.1, 0.15) is 0 Å². The zero-order chi connectivity index (χ0) is 21.8. The molecule has 0 saturated heterocycles. The van der Waals surface area contributed by atoms with Crippen molar-refractivity contribution in [3.63, 3.8) is 0 Å². The van der Waals surface area contributed by atoms with Crippen LogP contribution in [0.15, 0.2) is 70.7 Å². The maximum Gasteiger partial charge on any atom is 0.337 e. The summed E-state index contributed by atoms with van der Waals surface area (Å²) >= 11 is 1.52. The third-order valence-corrected chi connectivity index (χ3v) is 6.53. The van der Waals surface area contributed by atoms with Crippen LogP contribution >= 0.6 is 11.8 Å². The second-order valence-corrected chi connectivity index (χ2v) is 8.33. The van der Waals surface area contributed by atoms with Crippen LogP contribution in [0.5, 0.6) is 0 Å². The normalized spacial score (nSPS) is 18.2. The molecule has 2 heterocycles. The van der Waals surface area contributed by atoms with Crippen LogP contribution in [0.25, 0.3) is 0 Å². The predicted octanol–water partition coefficient (Wildman–Crippen LogP) is 4.23. The number of ketones is 1. The highest BCUT2D eigenvalue weighted by Gasteiger charge is 2.37. The molecule has 0 unspecified atom stereocenters. The van der Waals surface area contributed by atoms with E-state index in [4.69, 9.17) is 4.74 Å². The van der Waals surface area contributed by atoms with E-state index in [0.717, 1.165) is 34.7 Å². The molecule has 0 amide bonds. The molecular formula is C24H21N3O3S. The minimum Gasteiger partial charge on any atom is -0.465 e. The van der Waals surface area contributed by atoms with Crippen LogP contribution in [0.2, 0.25) is 0 Å². The molecule has 0 radical (unpaired) electrons. The number of carbonyl (C=O) groups is 2. The van der Waals surface area contributed by atoms with Crippen molar-refractivity contribution in [2.75, 3.05) is 7.11 Å². The minimum atomic E-state index is -0.396. The molecule has 1 aromatic carbocycles. The Hall–Kier alpha value is -3.37. The number of nitrogens with zero attached hydrogens (tertiary/aromatic N) is 2. The number of hydrogen-bond acceptors (Lipinski definition) is 7.